The molecule has 0 spiro atoms. The van der Waals surface area contributed by atoms with Crippen molar-refractivity contribution in [1.82, 2.24) is 4.57 Å². The number of hydrogen-bond acceptors (Lipinski definition) is 1. The van der Waals surface area contributed by atoms with E-state index in [4.69, 9.17) is 0 Å². The molecular formula is C12H13NO. The summed E-state index contributed by atoms with van der Waals surface area (Å²) in [7, 11) is 2.00. The van der Waals surface area contributed by atoms with Gasteiger partial charge in [-0.2, -0.15) is 0 Å². The Labute approximate surface area is 83.2 Å². The van der Waals surface area contributed by atoms with Crippen LogP contribution < -0.4 is 0 Å². The molecule has 0 saturated carbocycles. The predicted molar refractivity (Wildman–Crippen MR) is 57.8 cm³/mol. The summed E-state index contributed by atoms with van der Waals surface area (Å²) in [4.78, 5) is 10.9. The Hall–Kier alpha value is -1.57. The first kappa shape index (κ1) is 9.00. The van der Waals surface area contributed by atoms with Crippen LogP contribution in [-0.2, 0) is 7.05 Å². The van der Waals surface area contributed by atoms with Crippen molar-refractivity contribution in [3.05, 3.63) is 35.0 Å². The molecule has 14 heavy (non-hydrogen) atoms. The first-order valence-corrected chi connectivity index (χ1v) is 4.66. The van der Waals surface area contributed by atoms with Gasteiger partial charge in [0, 0.05) is 23.7 Å². The van der Waals surface area contributed by atoms with E-state index in [1.54, 1.807) is 0 Å². The third kappa shape index (κ3) is 1.00. The van der Waals surface area contributed by atoms with E-state index < -0.39 is 0 Å². The normalized spacial score (nSPS) is 10.8. The van der Waals surface area contributed by atoms with Gasteiger partial charge >= 0.3 is 0 Å². The summed E-state index contributed by atoms with van der Waals surface area (Å²) in [6.07, 6.45) is 0.918. The zero-order valence-electron chi connectivity index (χ0n) is 8.66. The van der Waals surface area contributed by atoms with Crippen molar-refractivity contribution in [3.63, 3.8) is 0 Å². The smallest absolute Gasteiger partial charge is 0.152 e. The third-order valence-corrected chi connectivity index (χ3v) is 2.98. The van der Waals surface area contributed by atoms with Crippen molar-refractivity contribution in [2.75, 3.05) is 0 Å². The Kier molecular flexibility index (Phi) is 1.92. The van der Waals surface area contributed by atoms with Crippen molar-refractivity contribution in [2.24, 2.45) is 7.05 Å². The highest BCUT2D eigenvalue weighted by atomic mass is 16.1. The van der Waals surface area contributed by atoms with Crippen LogP contribution in [0.15, 0.2) is 18.2 Å². The first-order valence-electron chi connectivity index (χ1n) is 4.66. The molecule has 0 fully saturated rings. The quantitative estimate of drug-likeness (QED) is 0.629. The summed E-state index contributed by atoms with van der Waals surface area (Å²) in [6.45, 7) is 4.16. The monoisotopic (exact) mass is 187 g/mol. The number of aromatic nitrogens is 1. The Bertz CT molecular complexity index is 509. The van der Waals surface area contributed by atoms with Gasteiger partial charge in [-0.25, -0.2) is 0 Å². The molecule has 1 aromatic carbocycles. The van der Waals surface area contributed by atoms with E-state index in [-0.39, 0.29) is 0 Å². The van der Waals surface area contributed by atoms with E-state index in [0.29, 0.717) is 0 Å². The molecule has 0 aliphatic rings. The van der Waals surface area contributed by atoms with E-state index >= 15 is 0 Å². The molecule has 0 aliphatic carbocycles. The summed E-state index contributed by atoms with van der Waals surface area (Å²) in [5, 5.41) is 1.18. The maximum absolute atomic E-state index is 10.9. The van der Waals surface area contributed by atoms with Crippen LogP contribution in [0.3, 0.4) is 0 Å². The molecule has 2 heteroatoms. The van der Waals surface area contributed by atoms with Gasteiger partial charge in [-0.15, -0.1) is 0 Å². The van der Waals surface area contributed by atoms with Gasteiger partial charge in [0.25, 0.3) is 0 Å². The van der Waals surface area contributed by atoms with E-state index in [2.05, 4.69) is 24.5 Å². The average Bonchev–Trinajstić information content (AvgIpc) is 2.44. The number of aldehydes is 1. The van der Waals surface area contributed by atoms with E-state index in [9.17, 15) is 4.79 Å². The van der Waals surface area contributed by atoms with Gasteiger partial charge < -0.3 is 4.57 Å². The molecule has 1 aromatic heterocycles. The van der Waals surface area contributed by atoms with Gasteiger partial charge in [-0.1, -0.05) is 12.1 Å². The minimum Gasteiger partial charge on any atom is -0.347 e. The van der Waals surface area contributed by atoms with Crippen LogP contribution in [0.25, 0.3) is 10.9 Å². The molecule has 0 bridgehead atoms. The molecule has 0 saturated heterocycles. The molecule has 2 rings (SSSR count). The fraction of sp³-hybridized carbons (Fsp3) is 0.250. The molecule has 0 radical (unpaired) electrons. The van der Waals surface area contributed by atoms with Crippen LogP contribution in [-0.4, -0.2) is 10.9 Å². The van der Waals surface area contributed by atoms with Gasteiger partial charge in [0.15, 0.2) is 6.29 Å². The van der Waals surface area contributed by atoms with Crippen LogP contribution in [0.2, 0.25) is 0 Å². The molecule has 0 unspecified atom stereocenters. The number of carbonyl (C=O) groups excluding carboxylic acids is 1. The molecule has 0 amide bonds. The molecule has 1 heterocycles. The summed E-state index contributed by atoms with van der Waals surface area (Å²) in [5.41, 5.74) is 4.28. The lowest BCUT2D eigenvalue weighted by Gasteiger charge is -2.00. The van der Waals surface area contributed by atoms with Gasteiger partial charge in [0.05, 0.1) is 5.52 Å². The number of nitrogens with zero attached hydrogens (tertiary/aromatic N) is 1. The van der Waals surface area contributed by atoms with Crippen LogP contribution in [0, 0.1) is 13.8 Å². The predicted octanol–water partition coefficient (Wildman–Crippen LogP) is 2.61. The lowest BCUT2D eigenvalue weighted by molar-refractivity contribution is 0.112. The summed E-state index contributed by atoms with van der Waals surface area (Å²) in [6, 6.07) is 5.84. The SMILES string of the molecule is Cc1c(C)n(C)c2c(C=O)cccc12. The number of carbonyl (C=O) groups is 1. The fourth-order valence-corrected chi connectivity index (χ4v) is 1.95. The Morgan fingerprint density at radius 1 is 1.29 bits per heavy atom. The highest BCUT2D eigenvalue weighted by Crippen LogP contribution is 2.25. The number of benzene rings is 1. The fourth-order valence-electron chi connectivity index (χ4n) is 1.95. The average molecular weight is 187 g/mol. The Morgan fingerprint density at radius 3 is 2.64 bits per heavy atom. The van der Waals surface area contributed by atoms with Gasteiger partial charge in [-0.3, -0.25) is 4.79 Å². The second-order valence-electron chi connectivity index (χ2n) is 3.63. The van der Waals surface area contributed by atoms with E-state index in [0.717, 1.165) is 17.4 Å². The van der Waals surface area contributed by atoms with Gasteiger partial charge in [0.1, 0.15) is 0 Å². The molecule has 0 aliphatic heterocycles. The number of rotatable bonds is 1. The van der Waals surface area contributed by atoms with E-state index in [1.807, 2.05) is 19.2 Å². The third-order valence-electron chi connectivity index (χ3n) is 2.98. The first-order chi connectivity index (χ1) is 6.66. The van der Waals surface area contributed by atoms with Gasteiger partial charge in [-0.05, 0) is 25.5 Å². The van der Waals surface area contributed by atoms with Crippen molar-refractivity contribution in [2.45, 2.75) is 13.8 Å². The van der Waals surface area contributed by atoms with Crippen LogP contribution in [0.4, 0.5) is 0 Å². The highest BCUT2D eigenvalue weighted by Gasteiger charge is 2.10. The number of fused-ring (bicyclic) bond motifs is 1. The van der Waals surface area contributed by atoms with Crippen molar-refractivity contribution in [1.29, 1.82) is 0 Å². The molecule has 0 atom stereocenters. The van der Waals surface area contributed by atoms with Crippen molar-refractivity contribution in [3.8, 4) is 0 Å². The Balaban J connectivity index is 3.01. The van der Waals surface area contributed by atoms with Crippen LogP contribution in [0.1, 0.15) is 21.6 Å². The second-order valence-corrected chi connectivity index (χ2v) is 3.63. The lowest BCUT2D eigenvalue weighted by Crippen LogP contribution is -1.93. The Morgan fingerprint density at radius 2 is 2.00 bits per heavy atom. The van der Waals surface area contributed by atoms with Gasteiger partial charge in [0.2, 0.25) is 0 Å². The number of para-hydroxylation sites is 1. The van der Waals surface area contributed by atoms with Crippen LogP contribution >= 0.6 is 0 Å². The minimum absolute atomic E-state index is 0.765. The maximum atomic E-state index is 10.9. The molecule has 72 valence electrons. The molecule has 2 aromatic rings. The molecule has 0 N–H and O–H groups in total. The van der Waals surface area contributed by atoms with E-state index in [1.165, 1.54) is 16.6 Å². The number of hydrogen-bond donors (Lipinski definition) is 0. The zero-order chi connectivity index (χ0) is 10.3. The highest BCUT2D eigenvalue weighted by molar-refractivity contribution is 5.98. The van der Waals surface area contributed by atoms with Crippen molar-refractivity contribution < 1.29 is 4.79 Å². The molecule has 2 nitrogen and oxygen atoms in total. The lowest BCUT2D eigenvalue weighted by atomic mass is 10.1. The maximum Gasteiger partial charge on any atom is 0.152 e. The topological polar surface area (TPSA) is 22.0 Å². The minimum atomic E-state index is 0.765. The summed E-state index contributed by atoms with van der Waals surface area (Å²) >= 11 is 0. The summed E-state index contributed by atoms with van der Waals surface area (Å²) < 4.78 is 2.08. The zero-order valence-corrected chi connectivity index (χ0v) is 8.66. The van der Waals surface area contributed by atoms with Crippen LogP contribution in [0.5, 0.6) is 0 Å². The van der Waals surface area contributed by atoms with Crippen molar-refractivity contribution >= 4 is 17.2 Å². The standard InChI is InChI=1S/C12H13NO/c1-8-9(2)13(3)12-10(7-14)5-4-6-11(8)12/h4-7H,1-3H3. The largest absolute Gasteiger partial charge is 0.347 e. The molecular weight excluding hydrogens is 174 g/mol. The second kappa shape index (κ2) is 2.98. The summed E-state index contributed by atoms with van der Waals surface area (Å²) in [5.74, 6) is 0. The number of aryl methyl sites for hydroxylation is 2.